The second-order valence-corrected chi connectivity index (χ2v) is 4.16. The maximum atomic E-state index is 12.4. The summed E-state index contributed by atoms with van der Waals surface area (Å²) >= 11 is 0. The lowest BCUT2D eigenvalue weighted by Crippen LogP contribution is -2.07. The number of nitrogens with two attached hydrogens (primary N) is 1. The Kier molecular flexibility index (Phi) is 4.07. The van der Waals surface area contributed by atoms with Gasteiger partial charge in [0.05, 0.1) is 17.1 Å². The van der Waals surface area contributed by atoms with Crippen molar-refractivity contribution in [2.24, 2.45) is 0 Å². The molecule has 7 heteroatoms. The van der Waals surface area contributed by atoms with Crippen molar-refractivity contribution < 1.29 is 13.5 Å². The number of hydrogen-bond acceptors (Lipinski definition) is 4. The highest BCUT2D eigenvalue weighted by molar-refractivity contribution is 5.74. The Hall–Kier alpha value is -2.31. The standard InChI is InChI=1S/C13H16F2N4O/c1-3-19-12(11(16)8(2)18-19)17-9-6-4-5-7-10(9)20-13(14)15/h4-7,13,17H,3,16H2,1-2H3. The molecule has 1 heterocycles. The van der Waals surface area contributed by atoms with Gasteiger partial charge in [0.2, 0.25) is 0 Å². The molecule has 0 unspecified atom stereocenters. The minimum Gasteiger partial charge on any atom is -0.433 e. The normalized spacial score (nSPS) is 10.8. The van der Waals surface area contributed by atoms with E-state index in [-0.39, 0.29) is 5.75 Å². The molecule has 0 radical (unpaired) electrons. The van der Waals surface area contributed by atoms with Crippen molar-refractivity contribution in [1.29, 1.82) is 0 Å². The molecule has 1 aromatic carbocycles. The smallest absolute Gasteiger partial charge is 0.387 e. The molecule has 0 saturated heterocycles. The highest BCUT2D eigenvalue weighted by atomic mass is 19.3. The maximum absolute atomic E-state index is 12.4. The quantitative estimate of drug-likeness (QED) is 0.884. The fraction of sp³-hybridized carbons (Fsp3) is 0.308. The van der Waals surface area contributed by atoms with Gasteiger partial charge >= 0.3 is 6.61 Å². The first-order chi connectivity index (χ1) is 9.52. The molecule has 0 aliphatic rings. The van der Waals surface area contributed by atoms with E-state index in [1.54, 1.807) is 29.8 Å². The molecule has 0 spiro atoms. The molecule has 0 fully saturated rings. The molecule has 20 heavy (non-hydrogen) atoms. The highest BCUT2D eigenvalue weighted by Crippen LogP contribution is 2.32. The van der Waals surface area contributed by atoms with Crippen LogP contribution in [0.15, 0.2) is 24.3 Å². The van der Waals surface area contributed by atoms with Gasteiger partial charge in [0, 0.05) is 6.54 Å². The maximum Gasteiger partial charge on any atom is 0.387 e. The molecule has 0 atom stereocenters. The van der Waals surface area contributed by atoms with Crippen molar-refractivity contribution >= 4 is 17.2 Å². The summed E-state index contributed by atoms with van der Waals surface area (Å²) in [5, 5.41) is 7.26. The average molecular weight is 282 g/mol. The fourth-order valence-corrected chi connectivity index (χ4v) is 1.85. The molecule has 0 bridgehead atoms. The van der Waals surface area contributed by atoms with E-state index in [4.69, 9.17) is 5.73 Å². The van der Waals surface area contributed by atoms with E-state index >= 15 is 0 Å². The van der Waals surface area contributed by atoms with Gasteiger partial charge in [-0.05, 0) is 26.0 Å². The second-order valence-electron chi connectivity index (χ2n) is 4.16. The molecule has 0 aliphatic heterocycles. The predicted molar refractivity (Wildman–Crippen MR) is 73.4 cm³/mol. The summed E-state index contributed by atoms with van der Waals surface area (Å²) in [6.07, 6.45) is 0. The molecular formula is C13H16F2N4O. The number of aromatic nitrogens is 2. The summed E-state index contributed by atoms with van der Waals surface area (Å²) in [5.74, 6) is 0.624. The third kappa shape index (κ3) is 2.81. The lowest BCUT2D eigenvalue weighted by atomic mass is 10.3. The summed E-state index contributed by atoms with van der Waals surface area (Å²) in [5.41, 5.74) is 7.52. The van der Waals surface area contributed by atoms with Gasteiger partial charge in [0.15, 0.2) is 5.82 Å². The number of hydrogen-bond donors (Lipinski definition) is 2. The molecule has 5 nitrogen and oxygen atoms in total. The van der Waals surface area contributed by atoms with Crippen molar-refractivity contribution in [2.75, 3.05) is 11.1 Å². The lowest BCUT2D eigenvalue weighted by molar-refractivity contribution is -0.0493. The van der Waals surface area contributed by atoms with Crippen LogP contribution in [0.25, 0.3) is 0 Å². The molecule has 1 aromatic heterocycles. The van der Waals surface area contributed by atoms with Crippen LogP contribution in [0.4, 0.5) is 26.0 Å². The van der Waals surface area contributed by atoms with Crippen molar-refractivity contribution in [1.82, 2.24) is 9.78 Å². The number of nitrogen functional groups attached to an aromatic ring is 1. The number of para-hydroxylation sites is 2. The number of anilines is 3. The van der Waals surface area contributed by atoms with Crippen LogP contribution >= 0.6 is 0 Å². The van der Waals surface area contributed by atoms with Crippen LogP contribution in [0.2, 0.25) is 0 Å². The van der Waals surface area contributed by atoms with E-state index in [0.29, 0.717) is 29.4 Å². The summed E-state index contributed by atoms with van der Waals surface area (Å²) in [6, 6.07) is 6.44. The van der Waals surface area contributed by atoms with Crippen LogP contribution in [0.5, 0.6) is 5.75 Å². The van der Waals surface area contributed by atoms with Crippen molar-refractivity contribution in [2.45, 2.75) is 27.0 Å². The Morgan fingerprint density at radius 1 is 1.40 bits per heavy atom. The van der Waals surface area contributed by atoms with Gasteiger partial charge in [-0.1, -0.05) is 12.1 Å². The summed E-state index contributed by atoms with van der Waals surface area (Å²) in [4.78, 5) is 0. The topological polar surface area (TPSA) is 65.1 Å². The second kappa shape index (κ2) is 5.77. The first-order valence-corrected chi connectivity index (χ1v) is 6.16. The summed E-state index contributed by atoms with van der Waals surface area (Å²) in [7, 11) is 0. The van der Waals surface area contributed by atoms with Crippen LogP contribution in [-0.4, -0.2) is 16.4 Å². The number of ether oxygens (including phenoxy) is 1. The van der Waals surface area contributed by atoms with Crippen LogP contribution in [0.3, 0.4) is 0 Å². The molecule has 2 aromatic rings. The number of aryl methyl sites for hydroxylation is 2. The minimum atomic E-state index is -2.88. The Morgan fingerprint density at radius 2 is 2.10 bits per heavy atom. The minimum absolute atomic E-state index is 0.0587. The fourth-order valence-electron chi connectivity index (χ4n) is 1.85. The van der Waals surface area contributed by atoms with Gasteiger partial charge in [0.1, 0.15) is 5.75 Å². The summed E-state index contributed by atoms with van der Waals surface area (Å²) < 4.78 is 30.9. The third-order valence-electron chi connectivity index (χ3n) is 2.83. The van der Waals surface area contributed by atoms with Crippen molar-refractivity contribution in [3.05, 3.63) is 30.0 Å². The van der Waals surface area contributed by atoms with E-state index in [2.05, 4.69) is 15.2 Å². The number of halogens is 2. The molecule has 2 rings (SSSR count). The molecule has 0 amide bonds. The van der Waals surface area contributed by atoms with Gasteiger partial charge in [-0.15, -0.1) is 0 Å². The molecule has 0 aliphatic carbocycles. The van der Waals surface area contributed by atoms with E-state index in [0.717, 1.165) is 0 Å². The number of nitrogens with one attached hydrogen (secondary N) is 1. The Morgan fingerprint density at radius 3 is 2.75 bits per heavy atom. The van der Waals surface area contributed by atoms with Gasteiger partial charge in [-0.3, -0.25) is 0 Å². The van der Waals surface area contributed by atoms with Crippen LogP contribution < -0.4 is 15.8 Å². The van der Waals surface area contributed by atoms with Crippen LogP contribution in [0.1, 0.15) is 12.6 Å². The number of benzene rings is 1. The number of rotatable bonds is 5. The zero-order valence-electron chi connectivity index (χ0n) is 11.2. The molecule has 3 N–H and O–H groups in total. The van der Waals surface area contributed by atoms with Gasteiger partial charge in [-0.25, -0.2) is 4.68 Å². The van der Waals surface area contributed by atoms with Crippen LogP contribution in [0, 0.1) is 6.92 Å². The molecule has 108 valence electrons. The zero-order valence-corrected chi connectivity index (χ0v) is 11.2. The lowest BCUT2D eigenvalue weighted by Gasteiger charge is -2.13. The van der Waals surface area contributed by atoms with Gasteiger partial charge < -0.3 is 15.8 Å². The first-order valence-electron chi connectivity index (χ1n) is 6.16. The monoisotopic (exact) mass is 282 g/mol. The van der Waals surface area contributed by atoms with Gasteiger partial charge in [0.25, 0.3) is 0 Å². The predicted octanol–water partition coefficient (Wildman–Crippen LogP) is 3.14. The van der Waals surface area contributed by atoms with Gasteiger partial charge in [-0.2, -0.15) is 13.9 Å². The van der Waals surface area contributed by atoms with E-state index in [9.17, 15) is 8.78 Å². The molecular weight excluding hydrogens is 266 g/mol. The zero-order chi connectivity index (χ0) is 14.7. The Labute approximate surface area is 115 Å². The summed E-state index contributed by atoms with van der Waals surface area (Å²) in [6.45, 7) is 1.43. The Bertz CT molecular complexity index is 598. The van der Waals surface area contributed by atoms with Crippen molar-refractivity contribution in [3.63, 3.8) is 0 Å². The largest absolute Gasteiger partial charge is 0.433 e. The number of nitrogens with zero attached hydrogens (tertiary/aromatic N) is 2. The van der Waals surface area contributed by atoms with E-state index in [1.165, 1.54) is 6.07 Å². The van der Waals surface area contributed by atoms with Crippen molar-refractivity contribution in [3.8, 4) is 5.75 Å². The number of alkyl halides is 2. The van der Waals surface area contributed by atoms with E-state index < -0.39 is 6.61 Å². The highest BCUT2D eigenvalue weighted by Gasteiger charge is 2.15. The first kappa shape index (κ1) is 14.1. The van der Waals surface area contributed by atoms with E-state index in [1.807, 2.05) is 6.92 Å². The molecule has 0 saturated carbocycles. The third-order valence-corrected chi connectivity index (χ3v) is 2.83. The SMILES string of the molecule is CCn1nc(C)c(N)c1Nc1ccccc1OC(F)F. The van der Waals surface area contributed by atoms with Crippen LogP contribution in [-0.2, 0) is 6.54 Å². The Balaban J connectivity index is 2.35. The average Bonchev–Trinajstić information content (AvgIpc) is 2.68.